The lowest BCUT2D eigenvalue weighted by Gasteiger charge is -2.36. The Labute approximate surface area is 263 Å². The van der Waals surface area contributed by atoms with Crippen molar-refractivity contribution in [2.75, 3.05) is 17.4 Å². The molecular weight excluding hydrogens is 597 g/mol. The number of benzene rings is 3. The number of aryl methyl sites for hydroxylation is 1. The molecule has 2 fully saturated rings. The Morgan fingerprint density at radius 3 is 2.29 bits per heavy atom. The topological polar surface area (TPSA) is 105 Å². The summed E-state index contributed by atoms with van der Waals surface area (Å²) in [6.07, 6.45) is 6.33. The van der Waals surface area contributed by atoms with Gasteiger partial charge in [-0.1, -0.05) is 86.3 Å². The number of halogens is 1. The van der Waals surface area contributed by atoms with E-state index < -0.39 is 34.6 Å². The molecule has 0 bridgehead atoms. The maximum atomic E-state index is 16.6. The number of carbonyl (C=O) groups excluding carboxylic acids is 2. The standard InChI is InChI=1S/C34H38FN3O6S/c35-32-29-20-28(37(18-17-24-9-7-8-10-24)34(40)44-23-26-13-5-2-6-14-26)16-15-27(29)19-30(43-22-25-11-3-1-4-12-25)33(32)38-21-31(39)36-45(38,41)42/h1-6,11-14,19,24,28H,7-10,15-18,20-23H2,(H,36,39)/t28-/m1/s1. The van der Waals surface area contributed by atoms with E-state index in [0.717, 1.165) is 34.7 Å². The normalized spacial score (nSPS) is 19.2. The van der Waals surface area contributed by atoms with Crippen LogP contribution in [0, 0.1) is 11.7 Å². The van der Waals surface area contributed by atoms with Gasteiger partial charge >= 0.3 is 16.3 Å². The number of carbonyl (C=O) groups is 2. The summed E-state index contributed by atoms with van der Waals surface area (Å²) in [6.45, 7) is 0.177. The quantitative estimate of drug-likeness (QED) is 0.308. The van der Waals surface area contributed by atoms with Gasteiger partial charge in [-0.15, -0.1) is 0 Å². The van der Waals surface area contributed by atoms with Crippen molar-refractivity contribution in [1.82, 2.24) is 9.62 Å². The molecule has 2 amide bonds. The molecule has 238 valence electrons. The van der Waals surface area contributed by atoms with E-state index in [9.17, 15) is 18.0 Å². The Hall–Kier alpha value is -4.12. The summed E-state index contributed by atoms with van der Waals surface area (Å²) in [6, 6.07) is 20.1. The summed E-state index contributed by atoms with van der Waals surface area (Å²) in [5.74, 6) is -0.913. The van der Waals surface area contributed by atoms with Crippen LogP contribution < -0.4 is 13.8 Å². The molecule has 1 atom stereocenters. The highest BCUT2D eigenvalue weighted by Gasteiger charge is 2.40. The lowest BCUT2D eigenvalue weighted by molar-refractivity contribution is -0.117. The number of nitrogens with zero attached hydrogens (tertiary/aromatic N) is 2. The van der Waals surface area contributed by atoms with Crippen LogP contribution in [0.3, 0.4) is 0 Å². The summed E-state index contributed by atoms with van der Waals surface area (Å²) < 4.78 is 56.9. The van der Waals surface area contributed by atoms with Gasteiger partial charge in [-0.05, 0) is 59.9 Å². The van der Waals surface area contributed by atoms with Gasteiger partial charge in [0.25, 0.3) is 5.91 Å². The monoisotopic (exact) mass is 635 g/mol. The number of ether oxygens (including phenoxy) is 2. The number of rotatable bonds is 10. The van der Waals surface area contributed by atoms with E-state index in [1.807, 2.05) is 65.4 Å². The van der Waals surface area contributed by atoms with Crippen LogP contribution in [0.4, 0.5) is 14.9 Å². The maximum Gasteiger partial charge on any atom is 0.410 e. The Morgan fingerprint density at radius 1 is 0.978 bits per heavy atom. The van der Waals surface area contributed by atoms with Gasteiger partial charge in [0.15, 0.2) is 5.82 Å². The van der Waals surface area contributed by atoms with Crippen molar-refractivity contribution >= 4 is 27.9 Å². The van der Waals surface area contributed by atoms with Crippen molar-refractivity contribution in [3.63, 3.8) is 0 Å². The molecule has 0 radical (unpaired) electrons. The predicted octanol–water partition coefficient (Wildman–Crippen LogP) is 5.66. The van der Waals surface area contributed by atoms with Gasteiger partial charge in [0.2, 0.25) is 0 Å². The van der Waals surface area contributed by atoms with Gasteiger partial charge in [0.1, 0.15) is 31.2 Å². The minimum Gasteiger partial charge on any atom is -0.487 e. The number of nitrogens with one attached hydrogen (secondary N) is 1. The van der Waals surface area contributed by atoms with E-state index in [1.165, 1.54) is 12.8 Å². The Morgan fingerprint density at radius 2 is 1.64 bits per heavy atom. The van der Waals surface area contributed by atoms with Crippen molar-refractivity contribution in [2.24, 2.45) is 5.92 Å². The number of hydrogen-bond donors (Lipinski definition) is 1. The van der Waals surface area contributed by atoms with Gasteiger partial charge in [-0.3, -0.25) is 4.79 Å². The molecule has 45 heavy (non-hydrogen) atoms. The third-order valence-corrected chi connectivity index (χ3v) is 10.4. The Balaban J connectivity index is 1.29. The van der Waals surface area contributed by atoms with E-state index in [1.54, 1.807) is 11.0 Å². The molecule has 1 saturated carbocycles. The molecule has 0 aromatic heterocycles. The average molecular weight is 636 g/mol. The first-order valence-electron chi connectivity index (χ1n) is 15.6. The van der Waals surface area contributed by atoms with Crippen LogP contribution in [0.5, 0.6) is 5.75 Å². The Kier molecular flexibility index (Phi) is 9.25. The van der Waals surface area contributed by atoms with Crippen LogP contribution in [0.1, 0.15) is 60.8 Å². The second-order valence-corrected chi connectivity index (χ2v) is 13.7. The van der Waals surface area contributed by atoms with Crippen LogP contribution in [-0.2, 0) is 45.8 Å². The molecule has 1 heterocycles. The number of anilines is 1. The van der Waals surface area contributed by atoms with Crippen LogP contribution in [0.15, 0.2) is 66.7 Å². The molecule has 2 aliphatic carbocycles. The van der Waals surface area contributed by atoms with Crippen LogP contribution >= 0.6 is 0 Å². The summed E-state index contributed by atoms with van der Waals surface area (Å²) in [4.78, 5) is 27.4. The van der Waals surface area contributed by atoms with Gasteiger partial charge in [0, 0.05) is 12.6 Å². The van der Waals surface area contributed by atoms with E-state index in [4.69, 9.17) is 9.47 Å². The number of hydrogen-bond acceptors (Lipinski definition) is 6. The fourth-order valence-corrected chi connectivity index (χ4v) is 7.80. The van der Waals surface area contributed by atoms with Crippen molar-refractivity contribution in [2.45, 2.75) is 70.6 Å². The molecule has 1 N–H and O–H groups in total. The summed E-state index contributed by atoms with van der Waals surface area (Å²) in [7, 11) is -4.31. The lowest BCUT2D eigenvalue weighted by atomic mass is 9.86. The van der Waals surface area contributed by atoms with Crippen molar-refractivity contribution in [3.8, 4) is 5.75 Å². The van der Waals surface area contributed by atoms with Crippen LogP contribution in [0.2, 0.25) is 0 Å². The zero-order valence-electron chi connectivity index (χ0n) is 25.1. The second kappa shape index (κ2) is 13.5. The maximum absolute atomic E-state index is 16.6. The fraction of sp³-hybridized carbons (Fsp3) is 0.412. The molecule has 1 aliphatic heterocycles. The first-order chi connectivity index (χ1) is 21.8. The fourth-order valence-electron chi connectivity index (χ4n) is 6.64. The van der Waals surface area contributed by atoms with Crippen LogP contribution in [-0.4, -0.2) is 44.4 Å². The largest absolute Gasteiger partial charge is 0.487 e. The SMILES string of the molecule is O=C1CN(c2c(OCc3ccccc3)cc3c(c2F)C[C@H](N(CCC2CCCC2)C(=O)OCc2ccccc2)CC3)S(=O)(=O)N1. The highest BCUT2D eigenvalue weighted by molar-refractivity contribution is 7.92. The highest BCUT2D eigenvalue weighted by Crippen LogP contribution is 2.41. The number of amides is 2. The molecule has 3 aromatic carbocycles. The lowest BCUT2D eigenvalue weighted by Crippen LogP contribution is -2.45. The van der Waals surface area contributed by atoms with E-state index in [-0.39, 0.29) is 37.1 Å². The predicted molar refractivity (Wildman–Crippen MR) is 167 cm³/mol. The third kappa shape index (κ3) is 7.08. The Bertz CT molecular complexity index is 1630. The van der Waals surface area contributed by atoms with Gasteiger partial charge in [-0.2, -0.15) is 8.42 Å². The van der Waals surface area contributed by atoms with E-state index in [0.29, 0.717) is 36.4 Å². The number of fused-ring (bicyclic) bond motifs is 1. The smallest absolute Gasteiger partial charge is 0.410 e. The molecule has 0 unspecified atom stereocenters. The summed E-state index contributed by atoms with van der Waals surface area (Å²) in [5.41, 5.74) is 2.42. The van der Waals surface area contributed by atoms with Gasteiger partial charge in [0.05, 0.1) is 0 Å². The van der Waals surface area contributed by atoms with E-state index in [2.05, 4.69) is 0 Å². The van der Waals surface area contributed by atoms with Crippen LogP contribution in [0.25, 0.3) is 0 Å². The molecule has 3 aromatic rings. The molecule has 11 heteroatoms. The molecule has 0 spiro atoms. The van der Waals surface area contributed by atoms with Crippen molar-refractivity contribution in [1.29, 1.82) is 0 Å². The van der Waals surface area contributed by atoms with Crippen molar-refractivity contribution < 1.29 is 31.9 Å². The molecule has 1 saturated heterocycles. The average Bonchev–Trinajstić information content (AvgIpc) is 3.66. The second-order valence-electron chi connectivity index (χ2n) is 12.1. The third-order valence-electron chi connectivity index (χ3n) is 9.03. The van der Waals surface area contributed by atoms with E-state index >= 15 is 4.39 Å². The molecular formula is C34H38FN3O6S. The minimum atomic E-state index is -4.31. The molecule has 9 nitrogen and oxygen atoms in total. The first-order valence-corrected chi connectivity index (χ1v) is 17.0. The minimum absolute atomic E-state index is 0.0500. The van der Waals surface area contributed by atoms with Gasteiger partial charge < -0.3 is 14.4 Å². The first kappa shape index (κ1) is 30.9. The zero-order chi connectivity index (χ0) is 31.4. The van der Waals surface area contributed by atoms with Gasteiger partial charge in [-0.25, -0.2) is 18.2 Å². The highest BCUT2D eigenvalue weighted by atomic mass is 32.2. The van der Waals surface area contributed by atoms with Crippen molar-refractivity contribution in [3.05, 3.63) is 94.8 Å². The molecule has 6 rings (SSSR count). The molecule has 3 aliphatic rings. The zero-order valence-corrected chi connectivity index (χ0v) is 25.9. The summed E-state index contributed by atoms with van der Waals surface area (Å²) >= 11 is 0. The summed E-state index contributed by atoms with van der Waals surface area (Å²) in [5, 5.41) is 0.